The Balaban J connectivity index is 1.71. The van der Waals surface area contributed by atoms with Gasteiger partial charge in [-0.05, 0) is 18.9 Å². The summed E-state index contributed by atoms with van der Waals surface area (Å²) in [5.74, 6) is -1.89. The highest BCUT2D eigenvalue weighted by atomic mass is 19.3. The molecule has 20 heavy (non-hydrogen) atoms. The Labute approximate surface area is 114 Å². The number of halogens is 2. The molecule has 1 unspecified atom stereocenters. The lowest BCUT2D eigenvalue weighted by Gasteiger charge is -2.54. The molecule has 0 aliphatic carbocycles. The summed E-state index contributed by atoms with van der Waals surface area (Å²) in [6.07, 6.45) is 4.51. The van der Waals surface area contributed by atoms with E-state index in [4.69, 9.17) is 0 Å². The quantitative estimate of drug-likeness (QED) is 0.831. The van der Waals surface area contributed by atoms with Crippen LogP contribution in [0.15, 0.2) is 18.6 Å². The summed E-state index contributed by atoms with van der Waals surface area (Å²) in [5.41, 5.74) is -0.346. The molecule has 4 rings (SSSR count). The number of hydrogen-bond donors (Lipinski definition) is 2. The maximum atomic E-state index is 13.9. The van der Waals surface area contributed by atoms with Crippen LogP contribution in [0.25, 0.3) is 11.0 Å². The van der Waals surface area contributed by atoms with Crippen molar-refractivity contribution in [2.24, 2.45) is 0 Å². The first-order valence-corrected chi connectivity index (χ1v) is 6.77. The fourth-order valence-electron chi connectivity index (χ4n) is 3.26. The second-order valence-electron chi connectivity index (χ2n) is 5.60. The summed E-state index contributed by atoms with van der Waals surface area (Å²) in [7, 11) is 0. The van der Waals surface area contributed by atoms with Crippen LogP contribution in [0.3, 0.4) is 0 Å². The Kier molecular flexibility index (Phi) is 2.33. The largest absolute Gasteiger partial charge is 0.354 e. The van der Waals surface area contributed by atoms with Crippen molar-refractivity contribution in [3.63, 3.8) is 0 Å². The van der Waals surface area contributed by atoms with Crippen LogP contribution in [-0.4, -0.2) is 46.0 Å². The van der Waals surface area contributed by atoms with E-state index in [-0.39, 0.29) is 13.1 Å². The molecule has 2 aromatic heterocycles. The molecule has 2 aliphatic heterocycles. The van der Waals surface area contributed by atoms with Crippen LogP contribution >= 0.6 is 0 Å². The Morgan fingerprint density at radius 3 is 2.95 bits per heavy atom. The van der Waals surface area contributed by atoms with Gasteiger partial charge in [-0.2, -0.15) is 0 Å². The average molecular weight is 279 g/mol. The number of hydrogen-bond acceptors (Lipinski definition) is 4. The minimum atomic E-state index is -2.63. The van der Waals surface area contributed by atoms with Crippen molar-refractivity contribution in [1.82, 2.24) is 20.3 Å². The zero-order valence-corrected chi connectivity index (χ0v) is 10.9. The van der Waals surface area contributed by atoms with Gasteiger partial charge in [0.15, 0.2) is 0 Å². The van der Waals surface area contributed by atoms with Gasteiger partial charge in [-0.3, -0.25) is 5.32 Å². The van der Waals surface area contributed by atoms with E-state index in [1.807, 2.05) is 11.0 Å². The van der Waals surface area contributed by atoms with E-state index in [1.165, 1.54) is 6.33 Å². The molecule has 106 valence electrons. The SMILES string of the molecule is FC1(F)CNC12CCCN(c1ncnc3[nH]ccc13)C2. The molecule has 1 spiro atoms. The summed E-state index contributed by atoms with van der Waals surface area (Å²) in [6, 6.07) is 1.89. The smallest absolute Gasteiger partial charge is 0.279 e. The van der Waals surface area contributed by atoms with Gasteiger partial charge in [0, 0.05) is 19.3 Å². The van der Waals surface area contributed by atoms with Crippen molar-refractivity contribution >= 4 is 16.9 Å². The molecule has 0 aromatic carbocycles. The van der Waals surface area contributed by atoms with Crippen molar-refractivity contribution in [2.75, 3.05) is 24.5 Å². The molecule has 2 N–H and O–H groups in total. The standard InChI is InChI=1S/C13H15F2N5/c14-13(15)6-19-12(13)3-1-5-20(7-12)11-9-2-4-16-10(9)17-8-18-11/h2,4,8,19H,1,3,5-7H2,(H,16,17,18). The predicted octanol–water partition coefficient (Wildman–Crippen LogP) is 1.54. The minimum Gasteiger partial charge on any atom is -0.354 e. The van der Waals surface area contributed by atoms with E-state index in [2.05, 4.69) is 20.3 Å². The highest BCUT2D eigenvalue weighted by Gasteiger charge is 2.62. The average Bonchev–Trinajstić information content (AvgIpc) is 2.94. The Morgan fingerprint density at radius 1 is 1.30 bits per heavy atom. The van der Waals surface area contributed by atoms with E-state index in [1.54, 1.807) is 6.20 Å². The summed E-state index contributed by atoms with van der Waals surface area (Å²) >= 11 is 0. The van der Waals surface area contributed by atoms with Crippen LogP contribution in [-0.2, 0) is 0 Å². The Bertz CT molecular complexity index is 655. The number of H-pyrrole nitrogens is 1. The van der Waals surface area contributed by atoms with Gasteiger partial charge in [-0.25, -0.2) is 18.7 Å². The topological polar surface area (TPSA) is 56.8 Å². The van der Waals surface area contributed by atoms with Gasteiger partial charge in [0.1, 0.15) is 23.3 Å². The summed E-state index contributed by atoms with van der Waals surface area (Å²) in [5, 5.41) is 3.83. The molecule has 2 aliphatic rings. The monoisotopic (exact) mass is 279 g/mol. The van der Waals surface area contributed by atoms with Crippen LogP contribution < -0.4 is 10.2 Å². The zero-order chi connectivity index (χ0) is 13.8. The molecule has 5 nitrogen and oxygen atoms in total. The number of nitrogens with zero attached hydrogens (tertiary/aromatic N) is 3. The first-order chi connectivity index (χ1) is 9.61. The Hall–Kier alpha value is -1.76. The number of fused-ring (bicyclic) bond motifs is 1. The van der Waals surface area contributed by atoms with Crippen molar-refractivity contribution in [3.05, 3.63) is 18.6 Å². The summed E-state index contributed by atoms with van der Waals surface area (Å²) in [6.45, 7) is 0.818. The maximum Gasteiger partial charge on any atom is 0.279 e. The number of nitrogens with one attached hydrogen (secondary N) is 2. The molecule has 2 fully saturated rings. The molecule has 0 bridgehead atoms. The number of rotatable bonds is 1. The molecule has 0 radical (unpaired) electrons. The molecular formula is C13H15F2N5. The lowest BCUT2D eigenvalue weighted by molar-refractivity contribution is -0.158. The first-order valence-electron chi connectivity index (χ1n) is 6.77. The lowest BCUT2D eigenvalue weighted by atomic mass is 9.77. The maximum absolute atomic E-state index is 13.9. The second-order valence-corrected chi connectivity index (χ2v) is 5.60. The van der Waals surface area contributed by atoms with E-state index in [0.717, 1.165) is 29.8 Å². The number of aromatic nitrogens is 3. The van der Waals surface area contributed by atoms with Crippen molar-refractivity contribution in [2.45, 2.75) is 24.3 Å². The molecular weight excluding hydrogens is 264 g/mol. The third-order valence-corrected chi connectivity index (χ3v) is 4.47. The van der Waals surface area contributed by atoms with Gasteiger partial charge < -0.3 is 9.88 Å². The van der Waals surface area contributed by atoms with Gasteiger partial charge in [0.25, 0.3) is 5.92 Å². The van der Waals surface area contributed by atoms with Crippen LogP contribution in [0, 0.1) is 0 Å². The normalized spacial score (nSPS) is 28.8. The van der Waals surface area contributed by atoms with Gasteiger partial charge in [-0.15, -0.1) is 0 Å². The summed E-state index contributed by atoms with van der Waals surface area (Å²) in [4.78, 5) is 13.4. The zero-order valence-electron chi connectivity index (χ0n) is 10.9. The van der Waals surface area contributed by atoms with E-state index >= 15 is 0 Å². The minimum absolute atomic E-state index is 0.218. The molecule has 7 heteroatoms. The highest BCUT2D eigenvalue weighted by Crippen LogP contribution is 2.43. The van der Waals surface area contributed by atoms with Crippen LogP contribution in [0.1, 0.15) is 12.8 Å². The number of piperidine rings is 1. The first kappa shape index (κ1) is 12.0. The number of aromatic amines is 1. The second kappa shape index (κ2) is 3.88. The molecule has 0 amide bonds. The number of alkyl halides is 2. The third kappa shape index (κ3) is 1.49. The van der Waals surface area contributed by atoms with Crippen LogP contribution in [0.4, 0.5) is 14.6 Å². The summed E-state index contributed by atoms with van der Waals surface area (Å²) < 4.78 is 27.8. The van der Waals surface area contributed by atoms with Crippen molar-refractivity contribution < 1.29 is 8.78 Å². The Morgan fingerprint density at radius 2 is 2.20 bits per heavy atom. The van der Waals surface area contributed by atoms with Crippen molar-refractivity contribution in [3.8, 4) is 0 Å². The number of anilines is 1. The molecule has 2 saturated heterocycles. The van der Waals surface area contributed by atoms with Gasteiger partial charge >= 0.3 is 0 Å². The van der Waals surface area contributed by atoms with Crippen LogP contribution in [0.2, 0.25) is 0 Å². The van der Waals surface area contributed by atoms with E-state index < -0.39 is 11.5 Å². The van der Waals surface area contributed by atoms with E-state index in [9.17, 15) is 8.78 Å². The fraction of sp³-hybridized carbons (Fsp3) is 0.538. The van der Waals surface area contributed by atoms with Gasteiger partial charge in [0.05, 0.1) is 11.9 Å². The third-order valence-electron chi connectivity index (χ3n) is 4.47. The molecule has 4 heterocycles. The molecule has 2 aromatic rings. The fourth-order valence-corrected chi connectivity index (χ4v) is 3.26. The lowest BCUT2D eigenvalue weighted by Crippen LogP contribution is -2.78. The predicted molar refractivity (Wildman–Crippen MR) is 71.0 cm³/mol. The van der Waals surface area contributed by atoms with Gasteiger partial charge in [0.2, 0.25) is 0 Å². The van der Waals surface area contributed by atoms with E-state index in [0.29, 0.717) is 6.42 Å². The van der Waals surface area contributed by atoms with Crippen molar-refractivity contribution in [1.29, 1.82) is 0 Å². The van der Waals surface area contributed by atoms with Crippen LogP contribution in [0.5, 0.6) is 0 Å². The molecule has 1 atom stereocenters. The van der Waals surface area contributed by atoms with Gasteiger partial charge in [-0.1, -0.05) is 0 Å². The molecule has 0 saturated carbocycles. The highest BCUT2D eigenvalue weighted by molar-refractivity contribution is 5.87.